The van der Waals surface area contributed by atoms with Gasteiger partial charge in [-0.1, -0.05) is 0 Å². The van der Waals surface area contributed by atoms with Crippen LogP contribution in [-0.2, 0) is 4.74 Å². The number of amides is 1. The third-order valence-electron chi connectivity index (χ3n) is 4.89. The lowest BCUT2D eigenvalue weighted by molar-refractivity contribution is -0.117. The van der Waals surface area contributed by atoms with Crippen LogP contribution in [0, 0.1) is 5.41 Å². The number of aromatic hydroxyl groups is 1. The molecule has 1 aliphatic carbocycles. The molecule has 138 valence electrons. The number of carbonyl (C=O) groups is 1. The van der Waals surface area contributed by atoms with Crippen LogP contribution >= 0.6 is 0 Å². The number of benzene rings is 1. The van der Waals surface area contributed by atoms with E-state index in [4.69, 9.17) is 9.47 Å². The smallest absolute Gasteiger partial charge is 0.410 e. The van der Waals surface area contributed by atoms with Crippen LogP contribution in [0.2, 0.25) is 0 Å². The molecule has 0 bridgehead atoms. The molecule has 2 heterocycles. The molecule has 1 aromatic heterocycles. The Hall–Kier alpha value is -2.57. The minimum absolute atomic E-state index is 0.0660. The number of hydrogen-bond donors (Lipinski definition) is 1. The van der Waals surface area contributed by atoms with Crippen LogP contribution in [0.3, 0.4) is 0 Å². The van der Waals surface area contributed by atoms with Gasteiger partial charge >= 0.3 is 6.09 Å². The first-order valence-corrected chi connectivity index (χ1v) is 8.81. The van der Waals surface area contributed by atoms with Crippen molar-refractivity contribution in [1.82, 2.24) is 14.9 Å². The summed E-state index contributed by atoms with van der Waals surface area (Å²) in [4.78, 5) is 22.2. The number of phenolic OH excluding ortho intramolecular Hbond substituents is 1. The Kier molecular flexibility index (Phi) is 3.71. The molecule has 1 aromatic carbocycles. The van der Waals surface area contributed by atoms with E-state index in [9.17, 15) is 9.90 Å². The van der Waals surface area contributed by atoms with E-state index in [1.54, 1.807) is 23.1 Å². The van der Waals surface area contributed by atoms with Crippen molar-refractivity contribution < 1.29 is 19.4 Å². The van der Waals surface area contributed by atoms with Crippen LogP contribution in [0.1, 0.15) is 33.6 Å². The van der Waals surface area contributed by atoms with Gasteiger partial charge in [0.05, 0.1) is 10.9 Å². The first-order chi connectivity index (χ1) is 12.2. The van der Waals surface area contributed by atoms with E-state index in [2.05, 4.69) is 9.97 Å². The molecule has 0 unspecified atom stereocenters. The SMILES string of the molecule is CC(C)(C)OC(=O)N1CC2(CC(Oc3ncnc4ccc(O)cc34)C2)C1. The minimum atomic E-state index is -0.468. The zero-order chi connectivity index (χ0) is 18.5. The summed E-state index contributed by atoms with van der Waals surface area (Å²) >= 11 is 0. The molecular formula is C19H23N3O4. The zero-order valence-corrected chi connectivity index (χ0v) is 15.2. The maximum Gasteiger partial charge on any atom is 0.410 e. The number of hydrogen-bond acceptors (Lipinski definition) is 6. The van der Waals surface area contributed by atoms with E-state index >= 15 is 0 Å². The predicted molar refractivity (Wildman–Crippen MR) is 95.1 cm³/mol. The molecule has 0 atom stereocenters. The summed E-state index contributed by atoms with van der Waals surface area (Å²) in [7, 11) is 0. The maximum absolute atomic E-state index is 12.1. The lowest BCUT2D eigenvalue weighted by atomic mass is 9.62. The van der Waals surface area contributed by atoms with Crippen LogP contribution in [0.15, 0.2) is 24.5 Å². The van der Waals surface area contributed by atoms with Gasteiger partial charge < -0.3 is 19.5 Å². The van der Waals surface area contributed by atoms with Gasteiger partial charge in [0.25, 0.3) is 0 Å². The largest absolute Gasteiger partial charge is 0.508 e. The summed E-state index contributed by atoms with van der Waals surface area (Å²) < 4.78 is 11.4. The third kappa shape index (κ3) is 3.13. The first-order valence-electron chi connectivity index (χ1n) is 8.81. The van der Waals surface area contributed by atoms with E-state index in [1.165, 1.54) is 6.33 Å². The molecule has 26 heavy (non-hydrogen) atoms. The fourth-order valence-electron chi connectivity index (χ4n) is 3.74. The number of ether oxygens (including phenoxy) is 2. The monoisotopic (exact) mass is 357 g/mol. The molecule has 7 nitrogen and oxygen atoms in total. The van der Waals surface area contributed by atoms with E-state index in [-0.39, 0.29) is 23.4 Å². The van der Waals surface area contributed by atoms with Gasteiger partial charge in [0.2, 0.25) is 5.88 Å². The lowest BCUT2D eigenvalue weighted by Gasteiger charge is -2.57. The molecule has 2 aromatic rings. The molecule has 0 radical (unpaired) electrons. The lowest BCUT2D eigenvalue weighted by Crippen LogP contribution is -2.66. The zero-order valence-electron chi connectivity index (χ0n) is 15.2. The quantitative estimate of drug-likeness (QED) is 0.889. The van der Waals surface area contributed by atoms with Gasteiger partial charge in [-0.15, -0.1) is 0 Å². The number of fused-ring (bicyclic) bond motifs is 1. The van der Waals surface area contributed by atoms with Crippen molar-refractivity contribution in [3.63, 3.8) is 0 Å². The Balaban J connectivity index is 1.34. The van der Waals surface area contributed by atoms with Gasteiger partial charge in [-0.25, -0.2) is 14.8 Å². The predicted octanol–water partition coefficient (Wildman–Crippen LogP) is 3.11. The summed E-state index contributed by atoms with van der Waals surface area (Å²) in [5.74, 6) is 0.656. The van der Waals surface area contributed by atoms with Crippen LogP contribution in [0.5, 0.6) is 11.6 Å². The topological polar surface area (TPSA) is 84.8 Å². The van der Waals surface area contributed by atoms with Crippen LogP contribution < -0.4 is 4.74 Å². The highest BCUT2D eigenvalue weighted by atomic mass is 16.6. The average Bonchev–Trinajstić information content (AvgIpc) is 2.46. The van der Waals surface area contributed by atoms with Gasteiger partial charge in [0.1, 0.15) is 23.8 Å². The molecule has 7 heteroatoms. The van der Waals surface area contributed by atoms with Crippen LogP contribution in [0.4, 0.5) is 4.79 Å². The average molecular weight is 357 g/mol. The molecule has 1 saturated heterocycles. The molecule has 1 aliphatic heterocycles. The number of phenols is 1. The molecule has 1 spiro atoms. The maximum atomic E-state index is 12.1. The second-order valence-electron chi connectivity index (χ2n) is 8.36. The van der Waals surface area contributed by atoms with Crippen molar-refractivity contribution in [2.24, 2.45) is 5.41 Å². The minimum Gasteiger partial charge on any atom is -0.508 e. The fourth-order valence-corrected chi connectivity index (χ4v) is 3.74. The van der Waals surface area contributed by atoms with E-state index in [0.29, 0.717) is 24.4 Å². The number of rotatable bonds is 2. The molecule has 2 aliphatic rings. The summed E-state index contributed by atoms with van der Waals surface area (Å²) in [5.41, 5.74) is 0.415. The second-order valence-corrected chi connectivity index (χ2v) is 8.36. The Morgan fingerprint density at radius 2 is 2.00 bits per heavy atom. The van der Waals surface area contributed by atoms with E-state index in [0.717, 1.165) is 18.4 Å². The van der Waals surface area contributed by atoms with Gasteiger partial charge in [-0.05, 0) is 51.8 Å². The van der Waals surface area contributed by atoms with E-state index < -0.39 is 5.60 Å². The summed E-state index contributed by atoms with van der Waals surface area (Å²) in [6, 6.07) is 4.95. The fraction of sp³-hybridized carbons (Fsp3) is 0.526. The van der Waals surface area contributed by atoms with Gasteiger partial charge in [0.15, 0.2) is 0 Å². The molecule has 4 rings (SSSR count). The highest BCUT2D eigenvalue weighted by Gasteiger charge is 2.55. The van der Waals surface area contributed by atoms with Crippen molar-refractivity contribution in [3.05, 3.63) is 24.5 Å². The van der Waals surface area contributed by atoms with Gasteiger partial charge in [-0.3, -0.25) is 0 Å². The first kappa shape index (κ1) is 16.9. The van der Waals surface area contributed by atoms with E-state index in [1.807, 2.05) is 20.8 Å². The Morgan fingerprint density at radius 1 is 1.27 bits per heavy atom. The highest BCUT2D eigenvalue weighted by Crippen LogP contribution is 2.50. The Labute approximate surface area is 151 Å². The number of carbonyl (C=O) groups excluding carboxylic acids is 1. The van der Waals surface area contributed by atoms with Crippen molar-refractivity contribution in [3.8, 4) is 11.6 Å². The number of nitrogens with zero attached hydrogens (tertiary/aromatic N) is 3. The highest BCUT2D eigenvalue weighted by molar-refractivity contribution is 5.84. The van der Waals surface area contributed by atoms with Gasteiger partial charge in [-0.2, -0.15) is 0 Å². The second kappa shape index (κ2) is 5.72. The summed E-state index contributed by atoms with van der Waals surface area (Å²) in [6.45, 7) is 7.05. The number of likely N-dealkylation sites (tertiary alicyclic amines) is 1. The van der Waals surface area contributed by atoms with Crippen molar-refractivity contribution >= 4 is 17.0 Å². The molecule has 1 N–H and O–H groups in total. The normalized spacial score (nSPS) is 19.1. The van der Waals surface area contributed by atoms with Crippen molar-refractivity contribution in [1.29, 1.82) is 0 Å². The molecule has 1 saturated carbocycles. The third-order valence-corrected chi connectivity index (χ3v) is 4.89. The van der Waals surface area contributed by atoms with Crippen molar-refractivity contribution in [2.45, 2.75) is 45.3 Å². The number of aromatic nitrogens is 2. The Morgan fingerprint density at radius 3 is 2.69 bits per heavy atom. The molecular weight excluding hydrogens is 334 g/mol. The van der Waals surface area contributed by atoms with Gasteiger partial charge in [0, 0.05) is 18.5 Å². The van der Waals surface area contributed by atoms with Crippen molar-refractivity contribution in [2.75, 3.05) is 13.1 Å². The molecule has 2 fully saturated rings. The molecule has 1 amide bonds. The van der Waals surface area contributed by atoms with Crippen LogP contribution in [-0.4, -0.2) is 50.9 Å². The standard InChI is InChI=1S/C19H23N3O4/c1-18(2,3)26-17(24)22-9-19(10-22)7-13(8-19)25-16-14-6-12(23)4-5-15(14)20-11-21-16/h4-6,11,13,23H,7-10H2,1-3H3. The Bertz CT molecular complexity index is 847. The summed E-state index contributed by atoms with van der Waals surface area (Å²) in [6.07, 6.45) is 3.06. The van der Waals surface area contributed by atoms with Crippen LogP contribution in [0.25, 0.3) is 10.9 Å². The summed E-state index contributed by atoms with van der Waals surface area (Å²) in [5, 5.41) is 10.4.